The molecule has 1 saturated heterocycles. The summed E-state index contributed by atoms with van der Waals surface area (Å²) < 4.78 is 18.0. The van der Waals surface area contributed by atoms with Gasteiger partial charge < -0.3 is 19.9 Å². The van der Waals surface area contributed by atoms with Crippen molar-refractivity contribution in [2.45, 2.75) is 6.42 Å². The Morgan fingerprint density at radius 3 is 2.21 bits per heavy atom. The molecule has 0 unspecified atom stereocenters. The molecule has 2 aromatic rings. The van der Waals surface area contributed by atoms with Crippen molar-refractivity contribution in [3.8, 4) is 0 Å². The molecule has 0 bridgehead atoms. The minimum absolute atomic E-state index is 0.0455. The highest BCUT2D eigenvalue weighted by Crippen LogP contribution is 2.18. The molecule has 6 nitrogen and oxygen atoms in total. The highest BCUT2D eigenvalue weighted by Gasteiger charge is 2.22. The first-order valence-electron chi connectivity index (χ1n) is 9.75. The first-order chi connectivity index (χ1) is 14.1. The second-order valence-corrected chi connectivity index (χ2v) is 6.94. The molecule has 0 saturated carbocycles. The van der Waals surface area contributed by atoms with Crippen LogP contribution in [0.5, 0.6) is 0 Å². The summed E-state index contributed by atoms with van der Waals surface area (Å²) in [5.41, 5.74) is 2.05. The molecule has 1 N–H and O–H groups in total. The van der Waals surface area contributed by atoms with Gasteiger partial charge in [-0.05, 0) is 55.0 Å². The summed E-state index contributed by atoms with van der Waals surface area (Å²) in [7, 11) is 1.63. The number of amides is 2. The molecule has 0 spiro atoms. The average molecular weight is 399 g/mol. The fourth-order valence-electron chi connectivity index (χ4n) is 3.29. The van der Waals surface area contributed by atoms with Gasteiger partial charge in [-0.2, -0.15) is 0 Å². The van der Waals surface area contributed by atoms with Crippen LogP contribution in [0, 0.1) is 5.82 Å². The smallest absolute Gasteiger partial charge is 0.253 e. The number of carbonyl (C=O) groups is 2. The summed E-state index contributed by atoms with van der Waals surface area (Å²) in [4.78, 5) is 28.8. The van der Waals surface area contributed by atoms with E-state index in [1.807, 2.05) is 0 Å². The number of hydrogen-bond acceptors (Lipinski definition) is 4. The van der Waals surface area contributed by atoms with Gasteiger partial charge in [-0.1, -0.05) is 0 Å². The Hall–Kier alpha value is -2.93. The predicted molar refractivity (Wildman–Crippen MR) is 110 cm³/mol. The second kappa shape index (κ2) is 10.0. The number of anilines is 1. The Balaban J connectivity index is 1.52. The van der Waals surface area contributed by atoms with Gasteiger partial charge in [0.1, 0.15) is 5.82 Å². The summed E-state index contributed by atoms with van der Waals surface area (Å²) in [6.45, 7) is 3.72. The van der Waals surface area contributed by atoms with Crippen molar-refractivity contribution < 1.29 is 18.7 Å². The SMILES string of the molecule is COCCCNC(=O)c1ccc(C(=O)N2CCN(c3ccc(F)cc3)CC2)cc1. The zero-order valence-electron chi connectivity index (χ0n) is 16.6. The number of rotatable bonds is 7. The average Bonchev–Trinajstić information content (AvgIpc) is 2.77. The lowest BCUT2D eigenvalue weighted by Crippen LogP contribution is -2.48. The third-order valence-electron chi connectivity index (χ3n) is 4.96. The molecule has 2 amide bonds. The second-order valence-electron chi connectivity index (χ2n) is 6.94. The summed E-state index contributed by atoms with van der Waals surface area (Å²) >= 11 is 0. The van der Waals surface area contributed by atoms with Crippen molar-refractivity contribution in [2.24, 2.45) is 0 Å². The fraction of sp³-hybridized carbons (Fsp3) is 0.364. The molecule has 0 aliphatic carbocycles. The lowest BCUT2D eigenvalue weighted by Gasteiger charge is -2.36. The molecule has 1 aliphatic heterocycles. The number of nitrogens with zero attached hydrogens (tertiary/aromatic N) is 2. The Kier molecular flexibility index (Phi) is 7.19. The summed E-state index contributed by atoms with van der Waals surface area (Å²) in [6.07, 6.45) is 0.753. The van der Waals surface area contributed by atoms with Crippen LogP contribution in [-0.2, 0) is 4.74 Å². The number of carbonyl (C=O) groups excluding carboxylic acids is 2. The number of nitrogens with one attached hydrogen (secondary N) is 1. The maximum absolute atomic E-state index is 13.1. The molecule has 2 aromatic carbocycles. The van der Waals surface area contributed by atoms with Crippen molar-refractivity contribution in [1.82, 2.24) is 10.2 Å². The van der Waals surface area contributed by atoms with Gasteiger partial charge in [0, 0.05) is 63.3 Å². The minimum Gasteiger partial charge on any atom is -0.385 e. The molecular weight excluding hydrogens is 373 g/mol. The van der Waals surface area contributed by atoms with E-state index in [9.17, 15) is 14.0 Å². The molecule has 1 aliphatic rings. The molecule has 29 heavy (non-hydrogen) atoms. The van der Waals surface area contributed by atoms with Gasteiger partial charge in [0.15, 0.2) is 0 Å². The van der Waals surface area contributed by atoms with Gasteiger partial charge >= 0.3 is 0 Å². The summed E-state index contributed by atoms with van der Waals surface area (Å²) in [5.74, 6) is -0.460. The van der Waals surface area contributed by atoms with Gasteiger partial charge in [-0.3, -0.25) is 9.59 Å². The van der Waals surface area contributed by atoms with E-state index >= 15 is 0 Å². The van der Waals surface area contributed by atoms with Crippen molar-refractivity contribution >= 4 is 17.5 Å². The number of piperazine rings is 1. The van der Waals surface area contributed by atoms with Crippen molar-refractivity contribution in [3.05, 3.63) is 65.5 Å². The molecule has 0 radical (unpaired) electrons. The number of methoxy groups -OCH3 is 1. The normalized spacial score (nSPS) is 14.0. The zero-order chi connectivity index (χ0) is 20.6. The third-order valence-corrected chi connectivity index (χ3v) is 4.96. The predicted octanol–water partition coefficient (Wildman–Crippen LogP) is 2.55. The van der Waals surface area contributed by atoms with Gasteiger partial charge in [0.2, 0.25) is 0 Å². The number of ether oxygens (including phenoxy) is 1. The lowest BCUT2D eigenvalue weighted by molar-refractivity contribution is 0.0746. The van der Waals surface area contributed by atoms with Crippen LogP contribution in [0.2, 0.25) is 0 Å². The lowest BCUT2D eigenvalue weighted by atomic mass is 10.1. The quantitative estimate of drug-likeness (QED) is 0.727. The topological polar surface area (TPSA) is 61.9 Å². The zero-order valence-corrected chi connectivity index (χ0v) is 16.6. The fourth-order valence-corrected chi connectivity index (χ4v) is 3.29. The van der Waals surface area contributed by atoms with Crippen LogP contribution in [-0.4, -0.2) is 63.2 Å². The summed E-state index contributed by atoms with van der Waals surface area (Å²) in [6, 6.07) is 13.1. The summed E-state index contributed by atoms with van der Waals surface area (Å²) in [5, 5.41) is 2.83. The van der Waals surface area contributed by atoms with E-state index < -0.39 is 0 Å². The van der Waals surface area contributed by atoms with E-state index in [0.717, 1.165) is 12.1 Å². The standard InChI is InChI=1S/C22H26FN3O3/c1-29-16-2-11-24-21(27)17-3-5-18(6-4-17)22(28)26-14-12-25(13-15-26)20-9-7-19(23)8-10-20/h3-10H,2,11-16H2,1H3,(H,24,27). The van der Waals surface area contributed by atoms with Crippen molar-refractivity contribution in [2.75, 3.05) is 51.3 Å². The third kappa shape index (κ3) is 5.54. The molecule has 0 aromatic heterocycles. The van der Waals surface area contributed by atoms with Crippen LogP contribution in [0.3, 0.4) is 0 Å². The number of halogens is 1. The number of hydrogen-bond donors (Lipinski definition) is 1. The Morgan fingerprint density at radius 1 is 0.966 bits per heavy atom. The van der Waals surface area contributed by atoms with E-state index in [-0.39, 0.29) is 17.6 Å². The maximum Gasteiger partial charge on any atom is 0.253 e. The molecule has 3 rings (SSSR count). The van der Waals surface area contributed by atoms with E-state index in [1.165, 1.54) is 12.1 Å². The Morgan fingerprint density at radius 2 is 1.59 bits per heavy atom. The van der Waals surface area contributed by atoms with Crippen LogP contribution >= 0.6 is 0 Å². The van der Waals surface area contributed by atoms with Gasteiger partial charge in [0.25, 0.3) is 11.8 Å². The van der Waals surface area contributed by atoms with E-state index in [4.69, 9.17) is 4.74 Å². The molecule has 1 heterocycles. The Bertz CT molecular complexity index is 816. The molecule has 1 fully saturated rings. The number of benzene rings is 2. The van der Waals surface area contributed by atoms with E-state index in [0.29, 0.717) is 50.5 Å². The van der Waals surface area contributed by atoms with Crippen molar-refractivity contribution in [1.29, 1.82) is 0 Å². The van der Waals surface area contributed by atoms with E-state index in [1.54, 1.807) is 48.4 Å². The largest absolute Gasteiger partial charge is 0.385 e. The van der Waals surface area contributed by atoms with Gasteiger partial charge in [-0.25, -0.2) is 4.39 Å². The van der Waals surface area contributed by atoms with Crippen LogP contribution in [0.4, 0.5) is 10.1 Å². The van der Waals surface area contributed by atoms with Gasteiger partial charge in [-0.15, -0.1) is 0 Å². The molecule has 7 heteroatoms. The highest BCUT2D eigenvalue weighted by molar-refractivity contribution is 5.97. The van der Waals surface area contributed by atoms with Crippen molar-refractivity contribution in [3.63, 3.8) is 0 Å². The van der Waals surface area contributed by atoms with Gasteiger partial charge in [0.05, 0.1) is 0 Å². The van der Waals surface area contributed by atoms with Crippen LogP contribution < -0.4 is 10.2 Å². The minimum atomic E-state index is -0.255. The van der Waals surface area contributed by atoms with E-state index in [2.05, 4.69) is 10.2 Å². The molecule has 0 atom stereocenters. The molecular formula is C22H26FN3O3. The maximum atomic E-state index is 13.1. The van der Waals surface area contributed by atoms with Crippen LogP contribution in [0.25, 0.3) is 0 Å². The first-order valence-corrected chi connectivity index (χ1v) is 9.75. The Labute approximate surface area is 170 Å². The van der Waals surface area contributed by atoms with Crippen LogP contribution in [0.15, 0.2) is 48.5 Å². The first kappa shape index (κ1) is 20.8. The molecule has 154 valence electrons. The monoisotopic (exact) mass is 399 g/mol. The van der Waals surface area contributed by atoms with Crippen LogP contribution in [0.1, 0.15) is 27.1 Å². The highest BCUT2D eigenvalue weighted by atomic mass is 19.1.